The molecule has 0 aromatic carbocycles. The number of hydrogen-bond donors (Lipinski definition) is 2. The monoisotopic (exact) mass is 228 g/mol. The van der Waals surface area contributed by atoms with Gasteiger partial charge in [0.25, 0.3) is 0 Å². The molecule has 0 aliphatic rings. The van der Waals surface area contributed by atoms with Gasteiger partial charge < -0.3 is 15.2 Å². The fourth-order valence-corrected chi connectivity index (χ4v) is 1.34. The molecule has 0 saturated heterocycles. The molecule has 1 aromatic rings. The van der Waals surface area contributed by atoms with E-state index in [0.717, 1.165) is 5.69 Å². The van der Waals surface area contributed by atoms with Gasteiger partial charge in [0.05, 0.1) is 17.5 Å². The molecule has 0 fully saturated rings. The summed E-state index contributed by atoms with van der Waals surface area (Å²) in [5.74, 6) is 0. The predicted octanol–water partition coefficient (Wildman–Crippen LogP) is -0.308. The average Bonchev–Trinajstić information content (AvgIpc) is 2.62. The average molecular weight is 228 g/mol. The van der Waals surface area contributed by atoms with Crippen molar-refractivity contribution in [1.29, 1.82) is 0 Å². The van der Waals surface area contributed by atoms with E-state index in [4.69, 9.17) is 4.74 Å². The SMILES string of the molecule is COCCC(C)(O)CNCc1cnnn1C. The number of rotatable bonds is 7. The van der Waals surface area contributed by atoms with Crippen LogP contribution in [0.5, 0.6) is 0 Å². The lowest BCUT2D eigenvalue weighted by Gasteiger charge is -2.23. The van der Waals surface area contributed by atoms with E-state index in [1.807, 2.05) is 7.05 Å². The van der Waals surface area contributed by atoms with Crippen LogP contribution in [0.25, 0.3) is 0 Å². The Morgan fingerprint density at radius 3 is 2.94 bits per heavy atom. The van der Waals surface area contributed by atoms with E-state index in [9.17, 15) is 5.11 Å². The largest absolute Gasteiger partial charge is 0.389 e. The summed E-state index contributed by atoms with van der Waals surface area (Å²) in [6.07, 6.45) is 2.32. The van der Waals surface area contributed by atoms with Crippen LogP contribution in [-0.2, 0) is 18.3 Å². The highest BCUT2D eigenvalue weighted by molar-refractivity contribution is 4.92. The molecular weight excluding hydrogens is 208 g/mol. The van der Waals surface area contributed by atoms with Crippen molar-refractivity contribution < 1.29 is 9.84 Å². The fraction of sp³-hybridized carbons (Fsp3) is 0.800. The van der Waals surface area contributed by atoms with Crippen LogP contribution in [0.2, 0.25) is 0 Å². The molecule has 1 unspecified atom stereocenters. The fourth-order valence-electron chi connectivity index (χ4n) is 1.34. The summed E-state index contributed by atoms with van der Waals surface area (Å²) < 4.78 is 6.64. The minimum absolute atomic E-state index is 0.515. The molecule has 1 aromatic heterocycles. The number of nitrogens with zero attached hydrogens (tertiary/aromatic N) is 3. The van der Waals surface area contributed by atoms with Crippen LogP contribution in [0, 0.1) is 0 Å². The summed E-state index contributed by atoms with van der Waals surface area (Å²) >= 11 is 0. The smallest absolute Gasteiger partial charge is 0.0765 e. The molecule has 6 heteroatoms. The number of methoxy groups -OCH3 is 1. The van der Waals surface area contributed by atoms with Gasteiger partial charge in [0.15, 0.2) is 0 Å². The predicted molar refractivity (Wildman–Crippen MR) is 59.8 cm³/mol. The Morgan fingerprint density at radius 1 is 1.62 bits per heavy atom. The second-order valence-electron chi connectivity index (χ2n) is 4.19. The molecule has 6 nitrogen and oxygen atoms in total. The van der Waals surface area contributed by atoms with Crippen LogP contribution in [0.4, 0.5) is 0 Å². The first kappa shape index (κ1) is 13.1. The normalized spacial score (nSPS) is 15.0. The maximum Gasteiger partial charge on any atom is 0.0765 e. The topological polar surface area (TPSA) is 72.2 Å². The van der Waals surface area contributed by atoms with Crippen molar-refractivity contribution in [2.75, 3.05) is 20.3 Å². The van der Waals surface area contributed by atoms with Gasteiger partial charge in [0, 0.05) is 40.3 Å². The van der Waals surface area contributed by atoms with E-state index in [2.05, 4.69) is 15.6 Å². The molecule has 0 aliphatic carbocycles. The Hall–Kier alpha value is -0.980. The summed E-state index contributed by atoms with van der Waals surface area (Å²) in [5.41, 5.74) is 0.240. The van der Waals surface area contributed by atoms with Gasteiger partial charge in [-0.25, -0.2) is 0 Å². The molecule has 1 heterocycles. The van der Waals surface area contributed by atoms with Crippen molar-refractivity contribution in [3.8, 4) is 0 Å². The lowest BCUT2D eigenvalue weighted by Crippen LogP contribution is -2.38. The molecule has 1 rings (SSSR count). The Labute approximate surface area is 95.6 Å². The van der Waals surface area contributed by atoms with Gasteiger partial charge in [-0.3, -0.25) is 4.68 Å². The zero-order valence-electron chi connectivity index (χ0n) is 10.1. The minimum atomic E-state index is -0.748. The first-order valence-electron chi connectivity index (χ1n) is 5.31. The van der Waals surface area contributed by atoms with Crippen molar-refractivity contribution in [1.82, 2.24) is 20.3 Å². The molecular formula is C10H20N4O2. The molecule has 1 atom stereocenters. The van der Waals surface area contributed by atoms with Gasteiger partial charge in [-0.1, -0.05) is 5.21 Å². The molecule has 0 spiro atoms. The third kappa shape index (κ3) is 4.26. The van der Waals surface area contributed by atoms with Crippen molar-refractivity contribution >= 4 is 0 Å². The zero-order valence-corrected chi connectivity index (χ0v) is 10.1. The Morgan fingerprint density at radius 2 is 2.38 bits per heavy atom. The van der Waals surface area contributed by atoms with Crippen molar-refractivity contribution in [3.63, 3.8) is 0 Å². The summed E-state index contributed by atoms with van der Waals surface area (Å²) in [6, 6.07) is 0. The van der Waals surface area contributed by atoms with E-state index in [0.29, 0.717) is 26.1 Å². The highest BCUT2D eigenvalue weighted by atomic mass is 16.5. The van der Waals surface area contributed by atoms with Gasteiger partial charge in [-0.05, 0) is 6.92 Å². The lowest BCUT2D eigenvalue weighted by molar-refractivity contribution is 0.0246. The third-order valence-electron chi connectivity index (χ3n) is 2.46. The molecule has 92 valence electrons. The standard InChI is InChI=1S/C10H20N4O2/c1-10(15,4-5-16-3)8-11-6-9-7-12-13-14(9)2/h7,11,15H,4-6,8H2,1-3H3. The maximum absolute atomic E-state index is 9.96. The van der Waals surface area contributed by atoms with Gasteiger partial charge in [0.1, 0.15) is 0 Å². The van der Waals surface area contributed by atoms with Crippen LogP contribution < -0.4 is 5.32 Å². The summed E-state index contributed by atoms with van der Waals surface area (Å²) in [5, 5.41) is 20.7. The number of aliphatic hydroxyl groups is 1. The zero-order chi connectivity index (χ0) is 12.0. The van der Waals surface area contributed by atoms with Crippen LogP contribution in [0.1, 0.15) is 19.0 Å². The number of aromatic nitrogens is 3. The highest BCUT2D eigenvalue weighted by Crippen LogP contribution is 2.07. The van der Waals surface area contributed by atoms with Crippen molar-refractivity contribution in [2.45, 2.75) is 25.5 Å². The van der Waals surface area contributed by atoms with E-state index in [-0.39, 0.29) is 0 Å². The summed E-state index contributed by atoms with van der Waals surface area (Å²) in [7, 11) is 3.47. The van der Waals surface area contributed by atoms with E-state index < -0.39 is 5.60 Å². The number of hydrogen-bond acceptors (Lipinski definition) is 5. The van der Waals surface area contributed by atoms with E-state index >= 15 is 0 Å². The first-order valence-corrected chi connectivity index (χ1v) is 5.31. The second-order valence-corrected chi connectivity index (χ2v) is 4.19. The number of aryl methyl sites for hydroxylation is 1. The van der Waals surface area contributed by atoms with Gasteiger partial charge in [-0.15, -0.1) is 5.10 Å². The number of nitrogens with one attached hydrogen (secondary N) is 1. The quantitative estimate of drug-likeness (QED) is 0.670. The minimum Gasteiger partial charge on any atom is -0.389 e. The van der Waals surface area contributed by atoms with Crippen LogP contribution in [-0.4, -0.2) is 46.0 Å². The van der Waals surface area contributed by atoms with E-state index in [1.54, 1.807) is 24.9 Å². The van der Waals surface area contributed by atoms with Crippen LogP contribution >= 0.6 is 0 Å². The molecule has 0 amide bonds. The Kier molecular flexibility index (Phi) is 4.85. The second kappa shape index (κ2) is 5.93. The van der Waals surface area contributed by atoms with Gasteiger partial charge in [0.2, 0.25) is 0 Å². The van der Waals surface area contributed by atoms with Crippen molar-refractivity contribution in [3.05, 3.63) is 11.9 Å². The molecule has 0 radical (unpaired) electrons. The summed E-state index contributed by atoms with van der Waals surface area (Å²) in [6.45, 7) is 3.51. The molecule has 0 saturated carbocycles. The number of ether oxygens (including phenoxy) is 1. The van der Waals surface area contributed by atoms with Gasteiger partial charge >= 0.3 is 0 Å². The first-order chi connectivity index (χ1) is 7.55. The van der Waals surface area contributed by atoms with Gasteiger partial charge in [-0.2, -0.15) is 0 Å². The summed E-state index contributed by atoms with van der Waals surface area (Å²) in [4.78, 5) is 0. The molecule has 0 bridgehead atoms. The Bertz CT molecular complexity index is 312. The molecule has 0 aliphatic heterocycles. The molecule has 2 N–H and O–H groups in total. The van der Waals surface area contributed by atoms with E-state index in [1.165, 1.54) is 0 Å². The van der Waals surface area contributed by atoms with Crippen molar-refractivity contribution in [2.24, 2.45) is 7.05 Å². The third-order valence-corrected chi connectivity index (χ3v) is 2.46. The van der Waals surface area contributed by atoms with Crippen LogP contribution in [0.15, 0.2) is 6.20 Å². The Balaban J connectivity index is 2.27. The highest BCUT2D eigenvalue weighted by Gasteiger charge is 2.19. The maximum atomic E-state index is 9.96. The molecule has 16 heavy (non-hydrogen) atoms. The lowest BCUT2D eigenvalue weighted by atomic mass is 10.0. The van der Waals surface area contributed by atoms with Crippen LogP contribution in [0.3, 0.4) is 0 Å².